The molecule has 4 bridgehead atoms. The minimum atomic E-state index is 0.589. The third kappa shape index (κ3) is 1.50. The van der Waals surface area contributed by atoms with Crippen molar-refractivity contribution < 1.29 is 0 Å². The molecule has 1 atom stereocenters. The zero-order valence-corrected chi connectivity index (χ0v) is 11.6. The normalized spacial score (nSPS) is 47.9. The van der Waals surface area contributed by atoms with Crippen molar-refractivity contribution in [2.24, 2.45) is 23.2 Å². The summed E-state index contributed by atoms with van der Waals surface area (Å²) in [5.74, 6) is 4.04. The van der Waals surface area contributed by atoms with Gasteiger partial charge in [-0.15, -0.1) is 0 Å². The molecule has 0 aromatic carbocycles. The Labute approximate surface area is 111 Å². The number of amidine groups is 1. The highest BCUT2D eigenvalue weighted by atomic mass is 15.2. The van der Waals surface area contributed by atoms with E-state index in [2.05, 4.69) is 11.8 Å². The molecule has 1 aliphatic heterocycles. The van der Waals surface area contributed by atoms with Gasteiger partial charge in [0.2, 0.25) is 0 Å². The molecule has 1 heterocycles. The van der Waals surface area contributed by atoms with Gasteiger partial charge >= 0.3 is 0 Å². The molecule has 0 amide bonds. The second-order valence-electron chi connectivity index (χ2n) is 7.70. The summed E-state index contributed by atoms with van der Waals surface area (Å²) in [5, 5.41) is 8.17. The summed E-state index contributed by atoms with van der Waals surface area (Å²) in [5.41, 5.74) is 0.589. The lowest BCUT2D eigenvalue weighted by Crippen LogP contribution is -2.56. The topological polar surface area (TPSA) is 27.1 Å². The van der Waals surface area contributed by atoms with Gasteiger partial charge in [0.1, 0.15) is 0 Å². The Morgan fingerprint density at radius 3 is 2.11 bits per heavy atom. The Balaban J connectivity index is 1.61. The molecule has 1 saturated heterocycles. The highest BCUT2D eigenvalue weighted by Crippen LogP contribution is 2.62. The van der Waals surface area contributed by atoms with Crippen LogP contribution in [0.25, 0.3) is 0 Å². The van der Waals surface area contributed by atoms with Gasteiger partial charge in [-0.2, -0.15) is 0 Å². The molecule has 4 saturated carbocycles. The van der Waals surface area contributed by atoms with E-state index in [-0.39, 0.29) is 0 Å². The van der Waals surface area contributed by atoms with E-state index in [1.807, 2.05) is 0 Å². The van der Waals surface area contributed by atoms with Crippen LogP contribution >= 0.6 is 0 Å². The molecule has 2 heteroatoms. The Morgan fingerprint density at radius 1 is 1.11 bits per heavy atom. The van der Waals surface area contributed by atoms with Crippen molar-refractivity contribution in [2.75, 3.05) is 6.54 Å². The molecule has 1 N–H and O–H groups in total. The number of likely N-dealkylation sites (tertiary alicyclic amines) is 1. The van der Waals surface area contributed by atoms with Gasteiger partial charge in [-0.3, -0.25) is 5.41 Å². The number of hydrogen-bond donors (Lipinski definition) is 1. The first kappa shape index (κ1) is 11.3. The Kier molecular flexibility index (Phi) is 2.35. The lowest BCUT2D eigenvalue weighted by Gasteiger charge is -2.60. The van der Waals surface area contributed by atoms with Gasteiger partial charge in [-0.25, -0.2) is 0 Å². The fraction of sp³-hybridized carbons (Fsp3) is 0.938. The molecule has 18 heavy (non-hydrogen) atoms. The van der Waals surface area contributed by atoms with Crippen molar-refractivity contribution in [1.82, 2.24) is 4.90 Å². The highest BCUT2D eigenvalue weighted by molar-refractivity contribution is 5.81. The first-order chi connectivity index (χ1) is 8.66. The second kappa shape index (κ2) is 3.74. The van der Waals surface area contributed by atoms with Gasteiger partial charge in [-0.1, -0.05) is 0 Å². The van der Waals surface area contributed by atoms with Crippen molar-refractivity contribution in [3.8, 4) is 0 Å². The maximum absolute atomic E-state index is 8.17. The first-order valence-corrected chi connectivity index (χ1v) is 8.00. The highest BCUT2D eigenvalue weighted by Gasteiger charge is 2.54. The maximum Gasteiger partial charge on any atom is 0.0960 e. The second-order valence-corrected chi connectivity index (χ2v) is 7.70. The number of nitrogens with zero attached hydrogens (tertiary/aromatic N) is 1. The average molecular weight is 246 g/mol. The fourth-order valence-electron chi connectivity index (χ4n) is 6.14. The number of nitrogens with one attached hydrogen (secondary N) is 1. The van der Waals surface area contributed by atoms with Crippen LogP contribution in [0.4, 0.5) is 0 Å². The van der Waals surface area contributed by atoms with Crippen molar-refractivity contribution in [2.45, 2.75) is 64.3 Å². The van der Waals surface area contributed by atoms with Crippen molar-refractivity contribution in [3.05, 3.63) is 0 Å². The number of hydrogen-bond acceptors (Lipinski definition) is 1. The average Bonchev–Trinajstić information content (AvgIpc) is 2.72. The third-order valence-corrected chi connectivity index (χ3v) is 6.60. The third-order valence-electron chi connectivity index (χ3n) is 6.60. The molecule has 5 fully saturated rings. The molecule has 4 aliphatic carbocycles. The Morgan fingerprint density at radius 2 is 1.67 bits per heavy atom. The standard InChI is InChI=1S/C16H26N2/c1-11(18-4-2-3-15(18)17)16-8-12-5-13(9-16)7-14(6-12)10-16/h11-14,17H,2-10H2,1H3. The van der Waals surface area contributed by atoms with E-state index in [9.17, 15) is 0 Å². The van der Waals surface area contributed by atoms with Crippen LogP contribution in [0.5, 0.6) is 0 Å². The van der Waals surface area contributed by atoms with E-state index in [0.717, 1.165) is 36.6 Å². The van der Waals surface area contributed by atoms with Crippen LogP contribution in [0.15, 0.2) is 0 Å². The van der Waals surface area contributed by atoms with E-state index >= 15 is 0 Å². The minimum absolute atomic E-state index is 0.589. The quantitative estimate of drug-likeness (QED) is 0.791. The Bertz CT molecular complexity index is 338. The number of rotatable bonds is 2. The largest absolute Gasteiger partial charge is 0.357 e. The van der Waals surface area contributed by atoms with Gasteiger partial charge in [0, 0.05) is 19.0 Å². The molecule has 0 spiro atoms. The van der Waals surface area contributed by atoms with Crippen LogP contribution in [0.1, 0.15) is 58.3 Å². The predicted octanol–water partition coefficient (Wildman–Crippen LogP) is 3.66. The smallest absolute Gasteiger partial charge is 0.0960 e. The summed E-state index contributed by atoms with van der Waals surface area (Å²) in [6.45, 7) is 3.59. The van der Waals surface area contributed by atoms with E-state index in [1.54, 1.807) is 0 Å². The van der Waals surface area contributed by atoms with Crippen molar-refractivity contribution >= 4 is 5.84 Å². The predicted molar refractivity (Wildman–Crippen MR) is 73.7 cm³/mol. The lowest BCUT2D eigenvalue weighted by molar-refractivity contribution is -0.0846. The summed E-state index contributed by atoms with van der Waals surface area (Å²) >= 11 is 0. The molecule has 5 rings (SSSR count). The van der Waals surface area contributed by atoms with E-state index in [0.29, 0.717) is 11.5 Å². The van der Waals surface area contributed by atoms with Crippen molar-refractivity contribution in [1.29, 1.82) is 5.41 Å². The SMILES string of the molecule is CC(N1CCCC1=N)C12CC3CC(CC(C3)C1)C2. The lowest BCUT2D eigenvalue weighted by atomic mass is 9.47. The minimum Gasteiger partial charge on any atom is -0.357 e. The first-order valence-electron chi connectivity index (χ1n) is 8.00. The van der Waals surface area contributed by atoms with Crippen LogP contribution < -0.4 is 0 Å². The van der Waals surface area contributed by atoms with Gasteiger partial charge in [0.25, 0.3) is 0 Å². The molecule has 5 aliphatic rings. The van der Waals surface area contributed by atoms with Gasteiger partial charge in [0.05, 0.1) is 5.84 Å². The van der Waals surface area contributed by atoms with Gasteiger partial charge in [0.15, 0.2) is 0 Å². The molecule has 1 unspecified atom stereocenters. The van der Waals surface area contributed by atoms with Crippen LogP contribution in [-0.2, 0) is 0 Å². The van der Waals surface area contributed by atoms with Crippen molar-refractivity contribution in [3.63, 3.8) is 0 Å². The van der Waals surface area contributed by atoms with Gasteiger partial charge in [-0.05, 0) is 75.0 Å². The molecule has 100 valence electrons. The summed E-state index contributed by atoms with van der Waals surface area (Å²) in [6, 6.07) is 0.640. The Hall–Kier alpha value is -0.530. The van der Waals surface area contributed by atoms with Gasteiger partial charge < -0.3 is 4.90 Å². The van der Waals surface area contributed by atoms with Crippen LogP contribution in [0, 0.1) is 28.6 Å². The van der Waals surface area contributed by atoms with Crippen LogP contribution in [0.2, 0.25) is 0 Å². The molecule has 0 aromatic rings. The van der Waals surface area contributed by atoms with Crippen LogP contribution in [-0.4, -0.2) is 23.3 Å². The van der Waals surface area contributed by atoms with E-state index in [1.165, 1.54) is 44.9 Å². The molecule has 0 radical (unpaired) electrons. The van der Waals surface area contributed by atoms with Crippen LogP contribution in [0.3, 0.4) is 0 Å². The fourth-order valence-corrected chi connectivity index (χ4v) is 6.14. The summed E-state index contributed by atoms with van der Waals surface area (Å²) in [7, 11) is 0. The molecule has 0 aromatic heterocycles. The summed E-state index contributed by atoms with van der Waals surface area (Å²) in [4.78, 5) is 2.45. The van der Waals surface area contributed by atoms with E-state index in [4.69, 9.17) is 5.41 Å². The summed E-state index contributed by atoms with van der Waals surface area (Å²) < 4.78 is 0. The molecular weight excluding hydrogens is 220 g/mol. The van der Waals surface area contributed by atoms with E-state index < -0.39 is 0 Å². The molecule has 2 nitrogen and oxygen atoms in total. The summed E-state index contributed by atoms with van der Waals surface area (Å²) in [6.07, 6.45) is 11.3. The molecular formula is C16H26N2. The zero-order valence-electron chi connectivity index (χ0n) is 11.6. The maximum atomic E-state index is 8.17. The monoisotopic (exact) mass is 246 g/mol. The zero-order chi connectivity index (χ0) is 12.3.